The normalized spacial score (nSPS) is 13.2. The van der Waals surface area contributed by atoms with Crippen molar-refractivity contribution in [2.75, 3.05) is 0 Å². The maximum absolute atomic E-state index is 11.9. The first-order valence-corrected chi connectivity index (χ1v) is 10.00. The highest BCUT2D eigenvalue weighted by atomic mass is 32.2. The van der Waals surface area contributed by atoms with E-state index in [-0.39, 0.29) is 16.2 Å². The lowest BCUT2D eigenvalue weighted by Crippen LogP contribution is -2.10. The van der Waals surface area contributed by atoms with E-state index in [4.69, 9.17) is 0 Å². The van der Waals surface area contributed by atoms with Gasteiger partial charge in [-0.1, -0.05) is 30.3 Å². The van der Waals surface area contributed by atoms with Gasteiger partial charge in [-0.2, -0.15) is 16.8 Å². The first kappa shape index (κ1) is 16.8. The molecule has 134 valence electrons. The third-order valence-electron chi connectivity index (χ3n) is 4.29. The number of hydrogen-bond acceptors (Lipinski definition) is 6. The van der Waals surface area contributed by atoms with Gasteiger partial charge < -0.3 is 10.2 Å². The second-order valence-electron chi connectivity index (χ2n) is 5.80. The van der Waals surface area contributed by atoms with Crippen molar-refractivity contribution in [3.63, 3.8) is 0 Å². The van der Waals surface area contributed by atoms with Crippen LogP contribution in [-0.4, -0.2) is 36.2 Å². The molecule has 0 aliphatic heterocycles. The summed E-state index contributed by atoms with van der Waals surface area (Å²) in [7, 11) is -10.4. The van der Waals surface area contributed by atoms with Gasteiger partial charge in [-0.05, 0) is 22.2 Å². The van der Waals surface area contributed by atoms with E-state index in [0.717, 1.165) is 0 Å². The maximum Gasteiger partial charge on any atom is 0.299 e. The minimum Gasteiger partial charge on any atom is -0.507 e. The van der Waals surface area contributed by atoms with Gasteiger partial charge in [0.05, 0.1) is 5.39 Å². The summed E-state index contributed by atoms with van der Waals surface area (Å²) in [5.41, 5.74) is 0. The molecule has 26 heavy (non-hydrogen) atoms. The molecule has 0 spiro atoms. The third kappa shape index (κ3) is 2.13. The van der Waals surface area contributed by atoms with Gasteiger partial charge in [0.1, 0.15) is 16.4 Å². The molecule has 0 aliphatic carbocycles. The molecule has 0 aromatic heterocycles. The molecule has 0 radical (unpaired) electrons. The largest absolute Gasteiger partial charge is 0.507 e. The highest BCUT2D eigenvalue weighted by molar-refractivity contribution is 7.89. The summed E-state index contributed by atoms with van der Waals surface area (Å²) in [6.45, 7) is 0. The molecule has 4 aromatic carbocycles. The summed E-state index contributed by atoms with van der Waals surface area (Å²) >= 11 is 0. The lowest BCUT2D eigenvalue weighted by Gasteiger charge is -2.17. The van der Waals surface area contributed by atoms with Gasteiger partial charge in [-0.3, -0.25) is 9.11 Å². The molecule has 0 fully saturated rings. The van der Waals surface area contributed by atoms with Crippen LogP contribution >= 0.6 is 0 Å². The fraction of sp³-hybridized carbons (Fsp3) is 0. The van der Waals surface area contributed by atoms with E-state index in [1.807, 2.05) is 0 Å². The molecule has 8 nitrogen and oxygen atoms in total. The minimum atomic E-state index is -5.25. The highest BCUT2D eigenvalue weighted by Gasteiger charge is 2.34. The Morgan fingerprint density at radius 2 is 1.31 bits per heavy atom. The Bertz CT molecular complexity index is 1440. The van der Waals surface area contributed by atoms with Crippen LogP contribution in [-0.2, 0) is 20.2 Å². The average molecular weight is 394 g/mol. The molecule has 0 unspecified atom stereocenters. The Kier molecular flexibility index (Phi) is 3.20. The number of phenols is 2. The van der Waals surface area contributed by atoms with Crippen LogP contribution < -0.4 is 0 Å². The number of hydrogen-bond donors (Lipinski definition) is 4. The summed E-state index contributed by atoms with van der Waals surface area (Å²) in [5, 5.41) is 21.8. The van der Waals surface area contributed by atoms with Crippen molar-refractivity contribution < 1.29 is 36.2 Å². The Balaban J connectivity index is 2.52. The summed E-state index contributed by atoms with van der Waals surface area (Å²) < 4.78 is 66.3. The molecule has 0 aliphatic rings. The molecule has 4 aromatic rings. The second-order valence-corrected chi connectivity index (χ2v) is 8.51. The fourth-order valence-electron chi connectivity index (χ4n) is 3.40. The average Bonchev–Trinajstić information content (AvgIpc) is 2.51. The van der Waals surface area contributed by atoms with Crippen molar-refractivity contribution in [2.45, 2.75) is 9.79 Å². The predicted octanol–water partition coefficient (Wildman–Crippen LogP) is 2.49. The first-order chi connectivity index (χ1) is 12.0. The van der Waals surface area contributed by atoms with Crippen molar-refractivity contribution in [2.24, 2.45) is 0 Å². The molecule has 10 heteroatoms. The Hall–Kier alpha value is -2.66. The van der Waals surface area contributed by atoms with Crippen LogP contribution in [0.15, 0.2) is 46.2 Å². The molecule has 0 bridgehead atoms. The van der Waals surface area contributed by atoms with Crippen molar-refractivity contribution >= 4 is 52.6 Å². The van der Waals surface area contributed by atoms with E-state index in [9.17, 15) is 36.2 Å². The second kappa shape index (κ2) is 4.95. The molecule has 0 heterocycles. The van der Waals surface area contributed by atoms with Crippen LogP contribution in [0.5, 0.6) is 11.5 Å². The summed E-state index contributed by atoms with van der Waals surface area (Å²) in [6, 6.07) is 9.07. The Labute approximate surface area is 146 Å². The number of rotatable bonds is 2. The molecule has 0 saturated heterocycles. The quantitative estimate of drug-likeness (QED) is 0.299. The summed E-state index contributed by atoms with van der Waals surface area (Å²) in [4.78, 5) is -2.54. The zero-order valence-electron chi connectivity index (χ0n) is 12.7. The van der Waals surface area contributed by atoms with Crippen molar-refractivity contribution in [3.8, 4) is 11.5 Å². The fourth-order valence-corrected chi connectivity index (χ4v) is 5.50. The predicted molar refractivity (Wildman–Crippen MR) is 93.1 cm³/mol. The number of phenolic OH excluding ortho intramolecular Hbond substituents is 2. The van der Waals surface area contributed by atoms with Crippen LogP contribution in [0, 0.1) is 0 Å². The summed E-state index contributed by atoms with van der Waals surface area (Å²) in [6.07, 6.45) is 0. The van der Waals surface area contributed by atoms with Gasteiger partial charge in [0, 0.05) is 10.8 Å². The Morgan fingerprint density at radius 3 is 1.92 bits per heavy atom. The molecule has 0 saturated carbocycles. The first-order valence-electron chi connectivity index (χ1n) is 7.12. The zero-order chi connectivity index (χ0) is 19.0. The molecule has 0 amide bonds. The standard InChI is InChI=1S/C16H10O8S2/c17-10-6-8-3-1-2-7-4-5-9-12(11(7)8)13(10)14(18)16(26(22,23)24)15(9)25(19,20)21/h1-6,17-18H,(H,19,20,21)(H,22,23,24). The van der Waals surface area contributed by atoms with Gasteiger partial charge in [-0.25, -0.2) is 0 Å². The van der Waals surface area contributed by atoms with Crippen LogP contribution in [0.3, 0.4) is 0 Å². The lowest BCUT2D eigenvalue weighted by molar-refractivity contribution is 0.432. The van der Waals surface area contributed by atoms with Gasteiger partial charge in [-0.15, -0.1) is 0 Å². The van der Waals surface area contributed by atoms with Crippen LogP contribution in [0.25, 0.3) is 32.3 Å². The topological polar surface area (TPSA) is 149 Å². The van der Waals surface area contributed by atoms with E-state index in [1.54, 1.807) is 18.2 Å². The molecule has 4 rings (SSSR count). The third-order valence-corrected chi connectivity index (χ3v) is 6.28. The van der Waals surface area contributed by atoms with Gasteiger partial charge in [0.25, 0.3) is 20.2 Å². The van der Waals surface area contributed by atoms with Gasteiger partial charge in [0.2, 0.25) is 0 Å². The van der Waals surface area contributed by atoms with Crippen molar-refractivity contribution in [1.29, 1.82) is 0 Å². The molecular weight excluding hydrogens is 384 g/mol. The van der Waals surface area contributed by atoms with Crippen LogP contribution in [0.2, 0.25) is 0 Å². The van der Waals surface area contributed by atoms with Crippen LogP contribution in [0.4, 0.5) is 0 Å². The number of benzene rings is 4. The van der Waals surface area contributed by atoms with E-state index in [2.05, 4.69) is 0 Å². The molecule has 0 atom stereocenters. The monoisotopic (exact) mass is 394 g/mol. The smallest absolute Gasteiger partial charge is 0.299 e. The van der Waals surface area contributed by atoms with Gasteiger partial charge in [0.15, 0.2) is 4.90 Å². The van der Waals surface area contributed by atoms with E-state index in [0.29, 0.717) is 16.2 Å². The number of aromatic hydroxyl groups is 2. The minimum absolute atomic E-state index is 0.0515. The summed E-state index contributed by atoms with van der Waals surface area (Å²) in [5.74, 6) is -1.67. The van der Waals surface area contributed by atoms with Crippen LogP contribution in [0.1, 0.15) is 0 Å². The van der Waals surface area contributed by atoms with E-state index < -0.39 is 41.5 Å². The van der Waals surface area contributed by atoms with E-state index in [1.165, 1.54) is 18.2 Å². The highest BCUT2D eigenvalue weighted by Crippen LogP contribution is 2.49. The zero-order valence-corrected chi connectivity index (χ0v) is 14.3. The van der Waals surface area contributed by atoms with Crippen molar-refractivity contribution in [1.82, 2.24) is 0 Å². The Morgan fingerprint density at radius 1 is 0.692 bits per heavy atom. The SMILES string of the molecule is O=S(=O)(O)c1c(S(=O)(=O)O)c2ccc3cccc4cc(O)c(c1O)c2c34. The molecular formula is C16H10O8S2. The van der Waals surface area contributed by atoms with Crippen molar-refractivity contribution in [3.05, 3.63) is 36.4 Å². The molecule has 4 N–H and O–H groups in total. The van der Waals surface area contributed by atoms with E-state index >= 15 is 0 Å². The lowest BCUT2D eigenvalue weighted by atomic mass is 9.93. The van der Waals surface area contributed by atoms with Gasteiger partial charge >= 0.3 is 0 Å². The maximum atomic E-state index is 11.9.